The van der Waals surface area contributed by atoms with Crippen LogP contribution in [0.4, 0.5) is 5.69 Å². The second-order valence-corrected chi connectivity index (χ2v) is 9.54. The second-order valence-electron chi connectivity index (χ2n) is 7.67. The fourth-order valence-electron chi connectivity index (χ4n) is 3.50. The first-order valence-corrected chi connectivity index (χ1v) is 12.0. The number of phenolic OH excluding ortho intramolecular Hbond substituents is 1. The Labute approximate surface area is 198 Å². The van der Waals surface area contributed by atoms with Gasteiger partial charge in [-0.2, -0.15) is 5.10 Å². The van der Waals surface area contributed by atoms with E-state index in [-0.39, 0.29) is 10.6 Å². The average Bonchev–Trinajstić information content (AvgIpc) is 2.84. The van der Waals surface area contributed by atoms with Crippen molar-refractivity contribution in [2.24, 2.45) is 5.10 Å². The molecule has 7 nitrogen and oxygen atoms in total. The maximum atomic E-state index is 13.3. The highest BCUT2D eigenvalue weighted by Gasteiger charge is 2.27. The summed E-state index contributed by atoms with van der Waals surface area (Å²) in [7, 11) is -4.00. The SMILES string of the molecule is Cc1ccc(S(=O)(=O)N(CC(=O)N/N=C\c2c(O)ccc3ccccc23)c2ccccc2)cc1. The van der Waals surface area contributed by atoms with Gasteiger partial charge in [0.2, 0.25) is 0 Å². The van der Waals surface area contributed by atoms with E-state index in [2.05, 4.69) is 10.5 Å². The molecule has 0 saturated heterocycles. The molecule has 0 spiro atoms. The number of rotatable bonds is 7. The summed E-state index contributed by atoms with van der Waals surface area (Å²) in [6.45, 7) is 1.39. The van der Waals surface area contributed by atoms with Crippen LogP contribution in [0.15, 0.2) is 101 Å². The van der Waals surface area contributed by atoms with Crippen molar-refractivity contribution < 1.29 is 18.3 Å². The van der Waals surface area contributed by atoms with Crippen molar-refractivity contribution in [3.8, 4) is 5.75 Å². The normalized spacial score (nSPS) is 11.6. The Kier molecular flexibility index (Phi) is 6.60. The molecule has 0 saturated carbocycles. The van der Waals surface area contributed by atoms with Crippen molar-refractivity contribution in [2.45, 2.75) is 11.8 Å². The number of sulfonamides is 1. The molecule has 8 heteroatoms. The second kappa shape index (κ2) is 9.76. The standard InChI is InChI=1S/C26H23N3O4S/c1-19-11-14-22(15-12-19)34(32,33)29(21-8-3-2-4-9-21)18-26(31)28-27-17-24-23-10-6-5-7-20(23)13-16-25(24)30/h2-17,30H,18H2,1H3,(H,28,31)/b27-17-. The van der Waals surface area contributed by atoms with Gasteiger partial charge in [0.25, 0.3) is 15.9 Å². The van der Waals surface area contributed by atoms with Gasteiger partial charge in [0.15, 0.2) is 0 Å². The predicted molar refractivity (Wildman–Crippen MR) is 134 cm³/mol. The predicted octanol–water partition coefficient (Wildman–Crippen LogP) is 4.20. The number of carbonyl (C=O) groups is 1. The molecule has 0 aliphatic rings. The van der Waals surface area contributed by atoms with Gasteiger partial charge in [-0.3, -0.25) is 9.10 Å². The van der Waals surface area contributed by atoms with Gasteiger partial charge in [-0.25, -0.2) is 13.8 Å². The van der Waals surface area contributed by atoms with Crippen molar-refractivity contribution >= 4 is 38.6 Å². The summed E-state index contributed by atoms with van der Waals surface area (Å²) in [5.41, 5.74) is 4.10. The number of fused-ring (bicyclic) bond motifs is 1. The van der Waals surface area contributed by atoms with Gasteiger partial charge in [0.1, 0.15) is 12.3 Å². The van der Waals surface area contributed by atoms with E-state index in [0.29, 0.717) is 11.3 Å². The van der Waals surface area contributed by atoms with Gasteiger partial charge in [0, 0.05) is 5.56 Å². The van der Waals surface area contributed by atoms with Crippen molar-refractivity contribution in [3.05, 3.63) is 102 Å². The first-order valence-electron chi connectivity index (χ1n) is 10.5. The van der Waals surface area contributed by atoms with Crippen LogP contribution in [0.3, 0.4) is 0 Å². The van der Waals surface area contributed by atoms with Crippen LogP contribution in [0, 0.1) is 6.92 Å². The van der Waals surface area contributed by atoms with Crippen LogP contribution >= 0.6 is 0 Å². The highest BCUT2D eigenvalue weighted by molar-refractivity contribution is 7.92. The maximum absolute atomic E-state index is 13.3. The van der Waals surface area contributed by atoms with Gasteiger partial charge in [-0.1, -0.05) is 66.2 Å². The van der Waals surface area contributed by atoms with Crippen molar-refractivity contribution in [2.75, 3.05) is 10.8 Å². The largest absolute Gasteiger partial charge is 0.507 e. The Morgan fingerprint density at radius 1 is 0.941 bits per heavy atom. The number of amides is 1. The van der Waals surface area contributed by atoms with Crippen LogP contribution in [0.2, 0.25) is 0 Å². The number of aromatic hydroxyl groups is 1. The summed E-state index contributed by atoms with van der Waals surface area (Å²) in [5.74, 6) is -0.611. The number of phenols is 1. The smallest absolute Gasteiger partial charge is 0.264 e. The summed E-state index contributed by atoms with van der Waals surface area (Å²) in [6.07, 6.45) is 1.34. The van der Waals surface area contributed by atoms with Gasteiger partial charge < -0.3 is 5.11 Å². The molecule has 34 heavy (non-hydrogen) atoms. The van der Waals surface area contributed by atoms with Crippen LogP contribution in [-0.4, -0.2) is 32.2 Å². The minimum absolute atomic E-state index is 0.0181. The maximum Gasteiger partial charge on any atom is 0.264 e. The number of anilines is 1. The molecule has 0 radical (unpaired) electrons. The minimum Gasteiger partial charge on any atom is -0.507 e. The third kappa shape index (κ3) is 4.92. The molecule has 172 valence electrons. The molecule has 0 fully saturated rings. The molecular formula is C26H23N3O4S. The average molecular weight is 474 g/mol. The first-order chi connectivity index (χ1) is 16.4. The molecule has 0 aliphatic carbocycles. The number of nitrogens with zero attached hydrogens (tertiary/aromatic N) is 2. The first kappa shape index (κ1) is 23.0. The lowest BCUT2D eigenvalue weighted by Gasteiger charge is -2.23. The van der Waals surface area contributed by atoms with Gasteiger partial charge in [-0.05, 0) is 48.0 Å². The highest BCUT2D eigenvalue weighted by Crippen LogP contribution is 2.26. The van der Waals surface area contributed by atoms with Crippen LogP contribution in [0.25, 0.3) is 10.8 Å². The number of hydrogen-bond acceptors (Lipinski definition) is 5. The van der Waals surface area contributed by atoms with E-state index in [0.717, 1.165) is 20.6 Å². The number of aryl methyl sites for hydroxylation is 1. The Morgan fingerprint density at radius 2 is 1.62 bits per heavy atom. The zero-order valence-electron chi connectivity index (χ0n) is 18.4. The number of para-hydroxylation sites is 1. The molecule has 4 aromatic carbocycles. The number of benzene rings is 4. The lowest BCUT2D eigenvalue weighted by atomic mass is 10.0. The summed E-state index contributed by atoms with van der Waals surface area (Å²) in [6, 6.07) is 25.6. The molecule has 0 bridgehead atoms. The fourth-order valence-corrected chi connectivity index (χ4v) is 4.92. The van der Waals surface area contributed by atoms with Crippen molar-refractivity contribution in [1.82, 2.24) is 5.43 Å². The molecule has 4 aromatic rings. The van der Waals surface area contributed by atoms with E-state index in [1.807, 2.05) is 31.2 Å². The van der Waals surface area contributed by atoms with E-state index in [1.54, 1.807) is 54.6 Å². The Hall–Kier alpha value is -4.17. The Morgan fingerprint density at radius 3 is 2.35 bits per heavy atom. The topological polar surface area (TPSA) is 99.1 Å². The van der Waals surface area contributed by atoms with Crippen LogP contribution in [-0.2, 0) is 14.8 Å². The van der Waals surface area contributed by atoms with E-state index in [1.165, 1.54) is 18.3 Å². The summed E-state index contributed by atoms with van der Waals surface area (Å²) >= 11 is 0. The molecule has 0 heterocycles. The molecule has 0 unspecified atom stereocenters. The lowest BCUT2D eigenvalue weighted by Crippen LogP contribution is -2.39. The van der Waals surface area contributed by atoms with Crippen LogP contribution < -0.4 is 9.73 Å². The van der Waals surface area contributed by atoms with Crippen molar-refractivity contribution in [3.63, 3.8) is 0 Å². The zero-order chi connectivity index (χ0) is 24.1. The van der Waals surface area contributed by atoms with Gasteiger partial charge in [0.05, 0.1) is 16.8 Å². The zero-order valence-corrected chi connectivity index (χ0v) is 19.2. The molecule has 0 aromatic heterocycles. The highest BCUT2D eigenvalue weighted by atomic mass is 32.2. The molecule has 1 amide bonds. The van der Waals surface area contributed by atoms with E-state index in [4.69, 9.17) is 0 Å². The van der Waals surface area contributed by atoms with Crippen LogP contribution in [0.5, 0.6) is 5.75 Å². The number of hydrogen-bond donors (Lipinski definition) is 2. The summed E-state index contributed by atoms with van der Waals surface area (Å²) < 4.78 is 27.7. The number of hydrazone groups is 1. The fraction of sp³-hybridized carbons (Fsp3) is 0.0769. The number of nitrogens with one attached hydrogen (secondary N) is 1. The Balaban J connectivity index is 1.58. The summed E-state index contributed by atoms with van der Waals surface area (Å²) in [4.78, 5) is 12.8. The van der Waals surface area contributed by atoms with E-state index >= 15 is 0 Å². The quantitative estimate of drug-likeness (QED) is 0.310. The van der Waals surface area contributed by atoms with Crippen molar-refractivity contribution in [1.29, 1.82) is 0 Å². The molecular weight excluding hydrogens is 450 g/mol. The van der Waals surface area contributed by atoms with E-state index in [9.17, 15) is 18.3 Å². The third-order valence-corrected chi connectivity index (χ3v) is 7.06. The third-order valence-electron chi connectivity index (χ3n) is 5.27. The lowest BCUT2D eigenvalue weighted by molar-refractivity contribution is -0.119. The molecule has 0 atom stereocenters. The molecule has 4 rings (SSSR count). The van der Waals surface area contributed by atoms with E-state index < -0.39 is 22.5 Å². The van der Waals surface area contributed by atoms with Gasteiger partial charge >= 0.3 is 0 Å². The Bertz CT molecular complexity index is 1450. The minimum atomic E-state index is -4.00. The van der Waals surface area contributed by atoms with Gasteiger partial charge in [-0.15, -0.1) is 0 Å². The number of carbonyl (C=O) groups excluding carboxylic acids is 1. The summed E-state index contributed by atoms with van der Waals surface area (Å²) in [5, 5.41) is 15.9. The monoisotopic (exact) mass is 473 g/mol. The van der Waals surface area contributed by atoms with Crippen LogP contribution in [0.1, 0.15) is 11.1 Å². The molecule has 2 N–H and O–H groups in total. The molecule has 0 aliphatic heterocycles.